The number of anilines is 1. The topological polar surface area (TPSA) is 12.0 Å². The highest BCUT2D eigenvalue weighted by molar-refractivity contribution is 7.99. The molecule has 0 bridgehead atoms. The molecule has 0 fully saturated rings. The van der Waals surface area contributed by atoms with Crippen molar-refractivity contribution >= 4 is 29.1 Å². The number of fused-ring (bicyclic) bond motifs is 1. The van der Waals surface area contributed by atoms with E-state index in [9.17, 15) is 8.78 Å². The molecule has 0 aliphatic carbocycles. The van der Waals surface area contributed by atoms with Crippen molar-refractivity contribution < 1.29 is 8.78 Å². The third-order valence-corrected chi connectivity index (χ3v) is 4.76. The van der Waals surface area contributed by atoms with Gasteiger partial charge in [-0.2, -0.15) is 0 Å². The summed E-state index contributed by atoms with van der Waals surface area (Å²) >= 11 is 7.28. The van der Waals surface area contributed by atoms with E-state index in [1.54, 1.807) is 18.2 Å². The second-order valence-corrected chi connectivity index (χ2v) is 6.11. The van der Waals surface area contributed by atoms with E-state index in [2.05, 4.69) is 5.32 Å². The Morgan fingerprint density at radius 1 is 1.15 bits per heavy atom. The van der Waals surface area contributed by atoms with Crippen molar-refractivity contribution in [1.82, 2.24) is 0 Å². The molecule has 104 valence electrons. The summed E-state index contributed by atoms with van der Waals surface area (Å²) in [7, 11) is 0. The van der Waals surface area contributed by atoms with Gasteiger partial charge in [-0.05, 0) is 30.2 Å². The van der Waals surface area contributed by atoms with E-state index in [1.165, 1.54) is 23.9 Å². The lowest BCUT2D eigenvalue weighted by Crippen LogP contribution is -2.17. The summed E-state index contributed by atoms with van der Waals surface area (Å²) in [5.74, 6) is 0.115. The van der Waals surface area contributed by atoms with Crippen LogP contribution in [0.2, 0.25) is 5.02 Å². The van der Waals surface area contributed by atoms with Crippen molar-refractivity contribution in [2.75, 3.05) is 11.1 Å². The second-order valence-electron chi connectivity index (χ2n) is 4.59. The molecule has 1 unspecified atom stereocenters. The Morgan fingerprint density at radius 3 is 2.80 bits per heavy atom. The van der Waals surface area contributed by atoms with Gasteiger partial charge in [0.1, 0.15) is 5.82 Å². The average Bonchev–Trinajstić information content (AvgIpc) is 2.45. The molecule has 1 nitrogen and oxygen atoms in total. The van der Waals surface area contributed by atoms with Gasteiger partial charge in [0.2, 0.25) is 0 Å². The molecular formula is C15H12ClF2NS. The standard InChI is InChI=1S/C15H12ClF2NS/c16-10-4-2-6-13(14(10)18)19-12-7-8-20-15-9(12)3-1-5-11(15)17/h1-6,12,19H,7-8H2. The smallest absolute Gasteiger partial charge is 0.164 e. The first kappa shape index (κ1) is 13.7. The predicted molar refractivity (Wildman–Crippen MR) is 79.5 cm³/mol. The van der Waals surface area contributed by atoms with Crippen LogP contribution in [0.3, 0.4) is 0 Å². The summed E-state index contributed by atoms with van der Waals surface area (Å²) in [4.78, 5) is 0.652. The second kappa shape index (κ2) is 5.62. The average molecular weight is 312 g/mol. The third kappa shape index (κ3) is 2.50. The molecule has 2 aromatic rings. The zero-order chi connectivity index (χ0) is 14.1. The highest BCUT2D eigenvalue weighted by Gasteiger charge is 2.23. The van der Waals surface area contributed by atoms with Crippen LogP contribution >= 0.6 is 23.4 Å². The van der Waals surface area contributed by atoms with Gasteiger partial charge < -0.3 is 5.32 Å². The number of benzene rings is 2. The maximum absolute atomic E-state index is 13.9. The first-order valence-electron chi connectivity index (χ1n) is 6.28. The SMILES string of the molecule is Fc1cccc2c1SCCC2Nc1cccc(Cl)c1F. The van der Waals surface area contributed by atoms with Crippen molar-refractivity contribution in [2.45, 2.75) is 17.4 Å². The predicted octanol–water partition coefficient (Wildman–Crippen LogP) is 5.27. The molecule has 0 saturated heterocycles. The molecule has 3 rings (SSSR count). The Labute approximate surface area is 125 Å². The number of rotatable bonds is 2. The summed E-state index contributed by atoms with van der Waals surface area (Å²) in [5.41, 5.74) is 1.23. The minimum atomic E-state index is -0.467. The zero-order valence-corrected chi connectivity index (χ0v) is 12.1. The van der Waals surface area contributed by atoms with Crippen molar-refractivity contribution in [1.29, 1.82) is 0 Å². The lowest BCUT2D eigenvalue weighted by molar-refractivity contribution is 0.583. The Hall–Kier alpha value is -1.26. The lowest BCUT2D eigenvalue weighted by Gasteiger charge is -2.27. The van der Waals surface area contributed by atoms with Crippen LogP contribution in [0.15, 0.2) is 41.3 Å². The Balaban J connectivity index is 1.94. The van der Waals surface area contributed by atoms with Gasteiger partial charge in [-0.1, -0.05) is 29.8 Å². The zero-order valence-electron chi connectivity index (χ0n) is 10.5. The molecule has 0 saturated carbocycles. The van der Waals surface area contributed by atoms with Crippen LogP contribution in [-0.2, 0) is 0 Å². The number of thioether (sulfide) groups is 1. The number of halogens is 3. The van der Waals surface area contributed by atoms with Crippen molar-refractivity contribution in [3.63, 3.8) is 0 Å². The number of hydrogen-bond acceptors (Lipinski definition) is 2. The van der Waals surface area contributed by atoms with Gasteiger partial charge in [-0.3, -0.25) is 0 Å². The molecule has 20 heavy (non-hydrogen) atoms. The van der Waals surface area contributed by atoms with Gasteiger partial charge in [-0.15, -0.1) is 11.8 Å². The molecule has 2 aromatic carbocycles. The molecule has 1 aliphatic rings. The fraction of sp³-hybridized carbons (Fsp3) is 0.200. The van der Waals surface area contributed by atoms with Crippen LogP contribution in [-0.4, -0.2) is 5.75 Å². The molecule has 1 heterocycles. The van der Waals surface area contributed by atoms with E-state index in [0.29, 0.717) is 10.6 Å². The Bertz CT molecular complexity index is 648. The number of hydrogen-bond donors (Lipinski definition) is 1. The van der Waals surface area contributed by atoms with Gasteiger partial charge in [0.05, 0.1) is 16.8 Å². The summed E-state index contributed by atoms with van der Waals surface area (Å²) < 4.78 is 27.7. The first-order valence-corrected chi connectivity index (χ1v) is 7.65. The van der Waals surface area contributed by atoms with Gasteiger partial charge >= 0.3 is 0 Å². The third-order valence-electron chi connectivity index (χ3n) is 3.31. The van der Waals surface area contributed by atoms with E-state index in [4.69, 9.17) is 11.6 Å². The van der Waals surface area contributed by atoms with Crippen molar-refractivity contribution in [3.05, 3.63) is 58.6 Å². The summed E-state index contributed by atoms with van der Waals surface area (Å²) in [6.07, 6.45) is 0.813. The van der Waals surface area contributed by atoms with Gasteiger partial charge in [0, 0.05) is 10.6 Å². The van der Waals surface area contributed by atoms with E-state index < -0.39 is 5.82 Å². The van der Waals surface area contributed by atoms with Gasteiger partial charge in [-0.25, -0.2) is 8.78 Å². The van der Waals surface area contributed by atoms with E-state index in [-0.39, 0.29) is 16.9 Å². The molecule has 5 heteroatoms. The Morgan fingerprint density at radius 2 is 1.95 bits per heavy atom. The molecule has 1 atom stereocenters. The lowest BCUT2D eigenvalue weighted by atomic mass is 10.0. The summed E-state index contributed by atoms with van der Waals surface area (Å²) in [6, 6.07) is 9.75. The summed E-state index contributed by atoms with van der Waals surface area (Å²) in [6.45, 7) is 0. The Kier molecular flexibility index (Phi) is 3.85. The minimum Gasteiger partial charge on any atom is -0.376 e. The van der Waals surface area contributed by atoms with Crippen LogP contribution in [0.4, 0.5) is 14.5 Å². The maximum Gasteiger partial charge on any atom is 0.164 e. The maximum atomic E-state index is 13.9. The van der Waals surface area contributed by atoms with Crippen LogP contribution in [0.5, 0.6) is 0 Å². The monoisotopic (exact) mass is 311 g/mol. The van der Waals surface area contributed by atoms with Crippen LogP contribution in [0, 0.1) is 11.6 Å². The van der Waals surface area contributed by atoms with Gasteiger partial charge in [0.25, 0.3) is 0 Å². The first-order chi connectivity index (χ1) is 9.66. The molecule has 1 aliphatic heterocycles. The fourth-order valence-corrected chi connectivity index (χ4v) is 3.65. The van der Waals surface area contributed by atoms with E-state index in [1.807, 2.05) is 6.07 Å². The van der Waals surface area contributed by atoms with Crippen LogP contribution < -0.4 is 5.32 Å². The molecule has 0 spiro atoms. The van der Waals surface area contributed by atoms with Crippen LogP contribution in [0.25, 0.3) is 0 Å². The molecule has 0 amide bonds. The van der Waals surface area contributed by atoms with Crippen LogP contribution in [0.1, 0.15) is 18.0 Å². The largest absolute Gasteiger partial charge is 0.376 e. The number of nitrogens with one attached hydrogen (secondary N) is 1. The quantitative estimate of drug-likeness (QED) is 0.811. The normalized spacial score (nSPS) is 17.6. The minimum absolute atomic E-state index is 0.0830. The fourth-order valence-electron chi connectivity index (χ4n) is 2.34. The highest BCUT2D eigenvalue weighted by Crippen LogP contribution is 2.39. The highest BCUT2D eigenvalue weighted by atomic mass is 35.5. The van der Waals surface area contributed by atoms with E-state index >= 15 is 0 Å². The molecule has 0 radical (unpaired) electrons. The molecule has 1 N–H and O–H groups in total. The van der Waals surface area contributed by atoms with Crippen molar-refractivity contribution in [3.8, 4) is 0 Å². The van der Waals surface area contributed by atoms with E-state index in [0.717, 1.165) is 17.7 Å². The molecular weight excluding hydrogens is 300 g/mol. The summed E-state index contributed by atoms with van der Waals surface area (Å²) in [5, 5.41) is 3.22. The van der Waals surface area contributed by atoms with Crippen molar-refractivity contribution in [2.24, 2.45) is 0 Å². The van der Waals surface area contributed by atoms with Gasteiger partial charge in [0.15, 0.2) is 5.82 Å². The molecule has 0 aromatic heterocycles.